The van der Waals surface area contributed by atoms with E-state index in [0.717, 1.165) is 23.4 Å². The third kappa shape index (κ3) is 5.86. The highest BCUT2D eigenvalue weighted by molar-refractivity contribution is 6.30. The molecule has 164 valence electrons. The van der Waals surface area contributed by atoms with Crippen LogP contribution < -0.4 is 5.32 Å². The molecule has 0 saturated heterocycles. The lowest BCUT2D eigenvalue weighted by Gasteiger charge is -2.27. The Labute approximate surface area is 189 Å². The molecule has 3 rings (SSSR count). The van der Waals surface area contributed by atoms with Crippen LogP contribution in [-0.4, -0.2) is 16.0 Å². The van der Waals surface area contributed by atoms with Crippen molar-refractivity contribution in [2.45, 2.75) is 31.5 Å². The summed E-state index contributed by atoms with van der Waals surface area (Å²) >= 11 is 6.00. The van der Waals surface area contributed by atoms with Gasteiger partial charge >= 0.3 is 6.18 Å². The number of hydrogen-bond donors (Lipinski definition) is 1. The molecule has 2 unspecified atom stereocenters. The number of benzene rings is 1. The van der Waals surface area contributed by atoms with Crippen LogP contribution in [0.4, 0.5) is 13.2 Å². The molecule has 0 saturated carbocycles. The molecule has 0 aliphatic carbocycles. The van der Waals surface area contributed by atoms with Gasteiger partial charge in [0.25, 0.3) is 0 Å². The zero-order chi connectivity index (χ0) is 23.3. The largest absolute Gasteiger partial charge is 0.417 e. The first-order valence-electron chi connectivity index (χ1n) is 9.76. The molecule has 1 N–H and O–H groups in total. The van der Waals surface area contributed by atoms with E-state index < -0.39 is 11.7 Å². The van der Waals surface area contributed by atoms with E-state index in [-0.39, 0.29) is 12.0 Å². The SMILES string of the molecule is C=C(NC(C)C(Cc1ccc(Cl)cc1)c1cncc(C#N)c1)c1ccc(C(F)(F)F)cn1. The Hall–Kier alpha value is -3.37. The Morgan fingerprint density at radius 2 is 1.88 bits per heavy atom. The second-order valence-corrected chi connectivity index (χ2v) is 7.83. The van der Waals surface area contributed by atoms with Crippen LogP contribution in [0.1, 0.15) is 40.8 Å². The van der Waals surface area contributed by atoms with Gasteiger partial charge in [-0.1, -0.05) is 30.3 Å². The summed E-state index contributed by atoms with van der Waals surface area (Å²) < 4.78 is 38.4. The summed E-state index contributed by atoms with van der Waals surface area (Å²) in [6, 6.07) is 13.4. The summed E-state index contributed by atoms with van der Waals surface area (Å²) in [5, 5.41) is 13.1. The lowest BCUT2D eigenvalue weighted by Crippen LogP contribution is -2.32. The first kappa shape index (κ1) is 23.3. The number of aromatic nitrogens is 2. The summed E-state index contributed by atoms with van der Waals surface area (Å²) in [6.07, 6.45) is 0.161. The fraction of sp³-hybridized carbons (Fsp3) is 0.208. The predicted octanol–water partition coefficient (Wildman–Crippen LogP) is 6.00. The van der Waals surface area contributed by atoms with Gasteiger partial charge in [0.05, 0.1) is 22.5 Å². The number of nitriles is 1. The van der Waals surface area contributed by atoms with Gasteiger partial charge in [-0.25, -0.2) is 0 Å². The summed E-state index contributed by atoms with van der Waals surface area (Å²) in [4.78, 5) is 8.07. The summed E-state index contributed by atoms with van der Waals surface area (Å²) in [6.45, 7) is 5.88. The van der Waals surface area contributed by atoms with Crippen LogP contribution in [0.15, 0.2) is 67.6 Å². The molecule has 0 radical (unpaired) electrons. The van der Waals surface area contributed by atoms with Gasteiger partial charge in [-0.15, -0.1) is 0 Å². The van der Waals surface area contributed by atoms with E-state index in [1.54, 1.807) is 24.4 Å². The summed E-state index contributed by atoms with van der Waals surface area (Å²) in [5.74, 6) is -0.108. The van der Waals surface area contributed by atoms with Gasteiger partial charge in [-0.2, -0.15) is 18.4 Å². The van der Waals surface area contributed by atoms with Crippen LogP contribution in [0.5, 0.6) is 0 Å². The zero-order valence-corrected chi connectivity index (χ0v) is 18.0. The van der Waals surface area contributed by atoms with Crippen molar-refractivity contribution < 1.29 is 13.2 Å². The number of nitrogens with zero attached hydrogens (tertiary/aromatic N) is 3. The van der Waals surface area contributed by atoms with Crippen LogP contribution >= 0.6 is 11.6 Å². The average Bonchev–Trinajstić information content (AvgIpc) is 2.78. The van der Waals surface area contributed by atoms with Gasteiger partial charge in [0.1, 0.15) is 6.07 Å². The van der Waals surface area contributed by atoms with E-state index in [9.17, 15) is 18.4 Å². The quantitative estimate of drug-likeness (QED) is 0.474. The third-order valence-corrected chi connectivity index (χ3v) is 5.34. The standard InChI is InChI=1S/C24H20ClF3N4/c1-15(32-16(2)23-8-5-20(14-31-23)24(26,27)28)22(10-17-3-6-21(25)7-4-17)19-9-18(11-29)12-30-13-19/h3-9,12-15,22,32H,2,10H2,1H3. The van der Waals surface area contributed by atoms with Crippen molar-refractivity contribution in [2.24, 2.45) is 0 Å². The molecule has 2 atom stereocenters. The van der Waals surface area contributed by atoms with Crippen LogP contribution in [-0.2, 0) is 12.6 Å². The van der Waals surface area contributed by atoms with Gasteiger partial charge in [0, 0.05) is 35.6 Å². The first-order valence-corrected chi connectivity index (χ1v) is 10.1. The molecule has 0 spiro atoms. The Balaban J connectivity index is 1.84. The molecular formula is C24H20ClF3N4. The first-order chi connectivity index (χ1) is 15.2. The minimum Gasteiger partial charge on any atom is -0.381 e. The Morgan fingerprint density at radius 1 is 1.16 bits per heavy atom. The molecule has 8 heteroatoms. The maximum Gasteiger partial charge on any atom is 0.417 e. The van der Waals surface area contributed by atoms with Crippen LogP contribution in [0.3, 0.4) is 0 Å². The number of pyridine rings is 2. The second-order valence-electron chi connectivity index (χ2n) is 7.40. The fourth-order valence-electron chi connectivity index (χ4n) is 3.37. The maximum atomic E-state index is 12.8. The molecule has 1 aromatic carbocycles. The molecule has 4 nitrogen and oxygen atoms in total. The number of halogens is 4. The minimum absolute atomic E-state index is 0.108. The van der Waals surface area contributed by atoms with Crippen LogP contribution in [0.2, 0.25) is 5.02 Å². The van der Waals surface area contributed by atoms with Crippen LogP contribution in [0.25, 0.3) is 5.70 Å². The van der Waals surface area contributed by atoms with Crippen molar-refractivity contribution in [3.63, 3.8) is 0 Å². The smallest absolute Gasteiger partial charge is 0.381 e. The predicted molar refractivity (Wildman–Crippen MR) is 118 cm³/mol. The lowest BCUT2D eigenvalue weighted by molar-refractivity contribution is -0.137. The lowest BCUT2D eigenvalue weighted by atomic mass is 9.86. The maximum absolute atomic E-state index is 12.8. The molecule has 3 aromatic rings. The molecule has 2 heterocycles. The monoisotopic (exact) mass is 456 g/mol. The molecule has 0 amide bonds. The highest BCUT2D eigenvalue weighted by atomic mass is 35.5. The number of nitrogens with one attached hydrogen (secondary N) is 1. The van der Waals surface area contributed by atoms with Crippen molar-refractivity contribution in [1.82, 2.24) is 15.3 Å². The van der Waals surface area contributed by atoms with E-state index in [0.29, 0.717) is 28.4 Å². The fourth-order valence-corrected chi connectivity index (χ4v) is 3.49. The Kier molecular flexibility index (Phi) is 7.16. The third-order valence-electron chi connectivity index (χ3n) is 5.09. The highest BCUT2D eigenvalue weighted by Crippen LogP contribution is 2.30. The number of hydrogen-bond acceptors (Lipinski definition) is 4. The highest BCUT2D eigenvalue weighted by Gasteiger charge is 2.30. The average molecular weight is 457 g/mol. The molecule has 0 aliphatic rings. The molecule has 0 bridgehead atoms. The van der Waals surface area contributed by atoms with E-state index in [2.05, 4.69) is 27.9 Å². The minimum atomic E-state index is -4.45. The summed E-state index contributed by atoms with van der Waals surface area (Å²) in [7, 11) is 0. The molecule has 2 aromatic heterocycles. The second kappa shape index (κ2) is 9.84. The van der Waals surface area contributed by atoms with E-state index in [1.165, 1.54) is 12.3 Å². The number of alkyl halides is 3. The van der Waals surface area contributed by atoms with Gasteiger partial charge in [0.2, 0.25) is 0 Å². The Bertz CT molecular complexity index is 1120. The van der Waals surface area contributed by atoms with Gasteiger partial charge in [-0.05, 0) is 54.8 Å². The molecular weight excluding hydrogens is 437 g/mol. The van der Waals surface area contributed by atoms with Crippen molar-refractivity contribution in [2.75, 3.05) is 0 Å². The molecule has 0 fully saturated rings. The van der Waals surface area contributed by atoms with Gasteiger partial charge in [0.15, 0.2) is 0 Å². The number of rotatable bonds is 7. The van der Waals surface area contributed by atoms with Crippen LogP contribution in [0, 0.1) is 11.3 Å². The van der Waals surface area contributed by atoms with Crippen molar-refractivity contribution in [3.8, 4) is 6.07 Å². The normalized spacial score (nSPS) is 13.1. The summed E-state index contributed by atoms with van der Waals surface area (Å²) in [5.41, 5.74) is 2.23. The van der Waals surface area contributed by atoms with Gasteiger partial charge < -0.3 is 5.32 Å². The van der Waals surface area contributed by atoms with Crippen molar-refractivity contribution in [1.29, 1.82) is 5.26 Å². The Morgan fingerprint density at radius 3 is 2.47 bits per heavy atom. The van der Waals surface area contributed by atoms with Crippen molar-refractivity contribution >= 4 is 17.3 Å². The zero-order valence-electron chi connectivity index (χ0n) is 17.2. The van der Waals surface area contributed by atoms with Crippen molar-refractivity contribution in [3.05, 3.63) is 101 Å². The van der Waals surface area contributed by atoms with Gasteiger partial charge in [-0.3, -0.25) is 9.97 Å². The topological polar surface area (TPSA) is 61.6 Å². The van der Waals surface area contributed by atoms with E-state index >= 15 is 0 Å². The van der Waals surface area contributed by atoms with E-state index in [1.807, 2.05) is 19.1 Å². The molecule has 0 aliphatic heterocycles. The van der Waals surface area contributed by atoms with E-state index in [4.69, 9.17) is 11.6 Å². The molecule has 32 heavy (non-hydrogen) atoms.